The molecule has 0 fully saturated rings. The Labute approximate surface area is 61.2 Å². The predicted octanol–water partition coefficient (Wildman–Crippen LogP) is 0.00160. The van der Waals surface area contributed by atoms with E-state index >= 15 is 0 Å². The molecule has 62 valence electrons. The Morgan fingerprint density at radius 1 is 1.50 bits per heavy atom. The lowest BCUT2D eigenvalue weighted by atomic mass is 10.0. The highest BCUT2D eigenvalue weighted by Gasteiger charge is 2.14. The van der Waals surface area contributed by atoms with E-state index in [9.17, 15) is 8.42 Å². The van der Waals surface area contributed by atoms with Crippen LogP contribution in [0.3, 0.4) is 0 Å². The fourth-order valence-corrected chi connectivity index (χ4v) is 1.18. The summed E-state index contributed by atoms with van der Waals surface area (Å²) in [6, 6.07) is 0. The first kappa shape index (κ1) is 9.87. The fraction of sp³-hybridized carbons (Fsp3) is 1.00. The molecule has 0 aliphatic heterocycles. The summed E-state index contributed by atoms with van der Waals surface area (Å²) in [5.74, 6) is -0.267. The predicted molar refractivity (Wildman–Crippen MR) is 39.3 cm³/mol. The maximum atomic E-state index is 10.2. The van der Waals surface area contributed by atoms with Crippen molar-refractivity contribution in [3.8, 4) is 0 Å². The van der Waals surface area contributed by atoms with Crippen molar-refractivity contribution in [3.63, 3.8) is 0 Å². The molecule has 0 aromatic rings. The third-order valence-corrected chi connectivity index (χ3v) is 1.72. The first-order chi connectivity index (χ1) is 4.21. The standard InChI is InChI=1S/C5H13NO3S/c1-5(2,6)3-4-10(7,8)9/h3-4,6H2,1-2H3,(H,7,8,9). The summed E-state index contributed by atoms with van der Waals surface area (Å²) in [4.78, 5) is 0. The molecule has 4 nitrogen and oxygen atoms in total. The Balaban J connectivity index is 3.79. The smallest absolute Gasteiger partial charge is 0.264 e. The molecular weight excluding hydrogens is 154 g/mol. The molecule has 0 rings (SSSR count). The molecule has 0 bridgehead atoms. The second-order valence-electron chi connectivity index (χ2n) is 3.02. The quantitative estimate of drug-likeness (QED) is 0.580. The van der Waals surface area contributed by atoms with Gasteiger partial charge in [0.05, 0.1) is 5.75 Å². The molecule has 0 amide bonds. The van der Waals surface area contributed by atoms with Crippen LogP contribution in [-0.2, 0) is 10.1 Å². The van der Waals surface area contributed by atoms with Crippen LogP contribution >= 0.6 is 0 Å². The summed E-state index contributed by atoms with van der Waals surface area (Å²) in [5, 5.41) is 0. The van der Waals surface area contributed by atoms with Gasteiger partial charge in [0.25, 0.3) is 10.1 Å². The number of nitrogens with two attached hydrogens (primary N) is 1. The van der Waals surface area contributed by atoms with Gasteiger partial charge in [-0.3, -0.25) is 4.55 Å². The zero-order chi connectivity index (χ0) is 8.41. The zero-order valence-electron chi connectivity index (χ0n) is 6.16. The molecule has 0 saturated heterocycles. The minimum atomic E-state index is -3.84. The summed E-state index contributed by atoms with van der Waals surface area (Å²) in [7, 11) is -3.84. The largest absolute Gasteiger partial charge is 0.326 e. The Morgan fingerprint density at radius 2 is 1.90 bits per heavy atom. The molecule has 0 heterocycles. The van der Waals surface area contributed by atoms with Crippen LogP contribution in [0.15, 0.2) is 0 Å². The molecule has 0 aromatic heterocycles. The Kier molecular flexibility index (Phi) is 2.82. The minimum absolute atomic E-state index is 0.267. The van der Waals surface area contributed by atoms with Gasteiger partial charge in [-0.25, -0.2) is 0 Å². The number of hydrogen-bond donors (Lipinski definition) is 2. The molecule has 10 heavy (non-hydrogen) atoms. The maximum Gasteiger partial charge on any atom is 0.264 e. The third kappa shape index (κ3) is 7.87. The van der Waals surface area contributed by atoms with Gasteiger partial charge in [0.1, 0.15) is 0 Å². The van der Waals surface area contributed by atoms with Crippen LogP contribution in [0.5, 0.6) is 0 Å². The van der Waals surface area contributed by atoms with Crippen molar-refractivity contribution in [2.75, 3.05) is 5.75 Å². The molecule has 3 N–H and O–H groups in total. The van der Waals surface area contributed by atoms with E-state index in [-0.39, 0.29) is 12.2 Å². The molecule has 0 aliphatic rings. The Bertz CT molecular complexity index is 189. The van der Waals surface area contributed by atoms with Crippen molar-refractivity contribution >= 4 is 10.1 Å². The molecule has 0 unspecified atom stereocenters. The molecule has 0 atom stereocenters. The Morgan fingerprint density at radius 3 is 2.00 bits per heavy atom. The number of hydrogen-bond acceptors (Lipinski definition) is 3. The monoisotopic (exact) mass is 167 g/mol. The lowest BCUT2D eigenvalue weighted by Gasteiger charge is -2.16. The van der Waals surface area contributed by atoms with Gasteiger partial charge in [-0.15, -0.1) is 0 Å². The van der Waals surface area contributed by atoms with E-state index < -0.39 is 15.7 Å². The van der Waals surface area contributed by atoms with Crippen molar-refractivity contribution in [1.29, 1.82) is 0 Å². The van der Waals surface area contributed by atoms with Crippen molar-refractivity contribution < 1.29 is 13.0 Å². The van der Waals surface area contributed by atoms with E-state index in [1.807, 2.05) is 0 Å². The fourth-order valence-electron chi connectivity index (χ4n) is 0.392. The SMILES string of the molecule is CC(C)(N)CCS(=O)(=O)O. The molecule has 0 aromatic carbocycles. The van der Waals surface area contributed by atoms with Crippen LogP contribution in [0.25, 0.3) is 0 Å². The summed E-state index contributed by atoms with van der Waals surface area (Å²) >= 11 is 0. The third-order valence-electron chi connectivity index (χ3n) is 1.00. The molecule has 0 radical (unpaired) electrons. The topological polar surface area (TPSA) is 80.4 Å². The van der Waals surface area contributed by atoms with E-state index in [0.29, 0.717) is 0 Å². The molecule has 0 saturated carbocycles. The van der Waals surface area contributed by atoms with Gasteiger partial charge < -0.3 is 5.73 Å². The van der Waals surface area contributed by atoms with Crippen LogP contribution < -0.4 is 5.73 Å². The van der Waals surface area contributed by atoms with Gasteiger partial charge in [-0.1, -0.05) is 0 Å². The van der Waals surface area contributed by atoms with Crippen LogP contribution in [0.1, 0.15) is 20.3 Å². The zero-order valence-corrected chi connectivity index (χ0v) is 6.98. The Hall–Kier alpha value is -0.130. The molecule has 0 spiro atoms. The maximum absolute atomic E-state index is 10.2. The molecular formula is C5H13NO3S. The summed E-state index contributed by atoms with van der Waals surface area (Å²) in [6.45, 7) is 3.41. The van der Waals surface area contributed by atoms with Gasteiger partial charge in [0.2, 0.25) is 0 Å². The average molecular weight is 167 g/mol. The van der Waals surface area contributed by atoms with Crippen molar-refractivity contribution in [2.45, 2.75) is 25.8 Å². The normalized spacial score (nSPS) is 13.6. The number of rotatable bonds is 3. The second-order valence-corrected chi connectivity index (χ2v) is 4.60. The van der Waals surface area contributed by atoms with E-state index in [0.717, 1.165) is 0 Å². The van der Waals surface area contributed by atoms with Crippen LogP contribution in [0, 0.1) is 0 Å². The van der Waals surface area contributed by atoms with Crippen molar-refractivity contribution in [2.24, 2.45) is 5.73 Å². The van der Waals surface area contributed by atoms with Gasteiger partial charge in [-0.05, 0) is 20.3 Å². The first-order valence-electron chi connectivity index (χ1n) is 2.95. The summed E-state index contributed by atoms with van der Waals surface area (Å²) in [6.07, 6.45) is 0.270. The first-order valence-corrected chi connectivity index (χ1v) is 4.56. The van der Waals surface area contributed by atoms with E-state index in [1.54, 1.807) is 13.8 Å². The summed E-state index contributed by atoms with van der Waals surface area (Å²) in [5.41, 5.74) is 4.94. The van der Waals surface area contributed by atoms with E-state index in [1.165, 1.54) is 0 Å². The lowest BCUT2D eigenvalue weighted by molar-refractivity contribution is 0.455. The summed E-state index contributed by atoms with van der Waals surface area (Å²) < 4.78 is 28.7. The second kappa shape index (κ2) is 2.86. The van der Waals surface area contributed by atoms with Gasteiger partial charge in [0.15, 0.2) is 0 Å². The molecule has 5 heteroatoms. The van der Waals surface area contributed by atoms with E-state index in [4.69, 9.17) is 10.3 Å². The lowest BCUT2D eigenvalue weighted by Crippen LogP contribution is -2.34. The van der Waals surface area contributed by atoms with Crippen LogP contribution in [0.4, 0.5) is 0 Å². The average Bonchev–Trinajstić information content (AvgIpc) is 1.57. The van der Waals surface area contributed by atoms with E-state index in [2.05, 4.69) is 0 Å². The van der Waals surface area contributed by atoms with Gasteiger partial charge in [-0.2, -0.15) is 8.42 Å². The van der Waals surface area contributed by atoms with Crippen molar-refractivity contribution in [1.82, 2.24) is 0 Å². The highest BCUT2D eigenvalue weighted by molar-refractivity contribution is 7.85. The van der Waals surface area contributed by atoms with Gasteiger partial charge >= 0.3 is 0 Å². The van der Waals surface area contributed by atoms with Crippen molar-refractivity contribution in [3.05, 3.63) is 0 Å². The molecule has 0 aliphatic carbocycles. The minimum Gasteiger partial charge on any atom is -0.326 e. The van der Waals surface area contributed by atoms with Crippen LogP contribution in [-0.4, -0.2) is 24.3 Å². The van der Waals surface area contributed by atoms with Gasteiger partial charge in [0, 0.05) is 5.54 Å². The highest BCUT2D eigenvalue weighted by Crippen LogP contribution is 2.04. The highest BCUT2D eigenvalue weighted by atomic mass is 32.2. The van der Waals surface area contributed by atoms with Crippen LogP contribution in [0.2, 0.25) is 0 Å².